The number of hydrogen-bond acceptors (Lipinski definition) is 3. The van der Waals surface area contributed by atoms with Crippen molar-refractivity contribution in [3.8, 4) is 0 Å². The number of halogens is 2. The van der Waals surface area contributed by atoms with Gasteiger partial charge in [0.15, 0.2) is 0 Å². The highest BCUT2D eigenvalue weighted by atomic mass is 35.5. The summed E-state index contributed by atoms with van der Waals surface area (Å²) in [4.78, 5) is 11.0. The van der Waals surface area contributed by atoms with Gasteiger partial charge in [0.1, 0.15) is 5.54 Å². The summed E-state index contributed by atoms with van der Waals surface area (Å²) in [6, 6.07) is 3.83. The maximum atomic E-state index is 12.3. The van der Waals surface area contributed by atoms with Gasteiger partial charge in [0.05, 0.1) is 4.90 Å². The van der Waals surface area contributed by atoms with E-state index in [0.29, 0.717) is 0 Å². The molecule has 0 spiro atoms. The predicted molar refractivity (Wildman–Crippen MR) is 73.1 cm³/mol. The van der Waals surface area contributed by atoms with Crippen molar-refractivity contribution in [1.29, 1.82) is 0 Å². The minimum Gasteiger partial charge on any atom is -0.480 e. The number of nitrogens with zero attached hydrogens (tertiary/aromatic N) is 1. The Hall–Kier alpha value is -0.820. The van der Waals surface area contributed by atoms with Crippen LogP contribution in [0.25, 0.3) is 0 Å². The summed E-state index contributed by atoms with van der Waals surface area (Å²) in [7, 11) is -2.81. The number of carboxylic acids is 1. The van der Waals surface area contributed by atoms with E-state index in [-0.39, 0.29) is 14.9 Å². The highest BCUT2D eigenvalue weighted by Crippen LogP contribution is 2.27. The molecular weight excluding hydrogens is 313 g/mol. The van der Waals surface area contributed by atoms with Crippen LogP contribution in [0.2, 0.25) is 10.0 Å². The van der Waals surface area contributed by atoms with Crippen molar-refractivity contribution >= 4 is 39.2 Å². The van der Waals surface area contributed by atoms with E-state index in [9.17, 15) is 13.2 Å². The van der Waals surface area contributed by atoms with Crippen molar-refractivity contribution in [2.24, 2.45) is 0 Å². The lowest BCUT2D eigenvalue weighted by Crippen LogP contribution is -2.50. The standard InChI is InChI=1S/C11H13Cl2NO4S/c1-11(2,10(15)16)14(3)19(17,18)9-5-7(12)4-8(13)6-9/h4-6H,1-3H3,(H,15,16). The molecule has 0 atom stereocenters. The third kappa shape index (κ3) is 3.20. The Morgan fingerprint density at radius 3 is 2.00 bits per heavy atom. The van der Waals surface area contributed by atoms with Gasteiger partial charge in [0.25, 0.3) is 0 Å². The molecule has 19 heavy (non-hydrogen) atoms. The van der Waals surface area contributed by atoms with Gasteiger partial charge in [0.2, 0.25) is 10.0 Å². The van der Waals surface area contributed by atoms with Gasteiger partial charge in [-0.25, -0.2) is 8.42 Å². The van der Waals surface area contributed by atoms with Crippen LogP contribution in [0.1, 0.15) is 13.8 Å². The molecule has 0 aliphatic heterocycles. The second kappa shape index (κ2) is 5.28. The van der Waals surface area contributed by atoms with Gasteiger partial charge in [-0.3, -0.25) is 4.79 Å². The lowest BCUT2D eigenvalue weighted by atomic mass is 10.1. The highest BCUT2D eigenvalue weighted by Gasteiger charge is 2.40. The summed E-state index contributed by atoms with van der Waals surface area (Å²) in [5.74, 6) is -1.26. The summed E-state index contributed by atoms with van der Waals surface area (Å²) < 4.78 is 25.4. The van der Waals surface area contributed by atoms with Crippen molar-refractivity contribution in [2.75, 3.05) is 7.05 Å². The Kier molecular flexibility index (Phi) is 4.51. The number of carbonyl (C=O) groups is 1. The van der Waals surface area contributed by atoms with Crippen LogP contribution in [0.5, 0.6) is 0 Å². The highest BCUT2D eigenvalue weighted by molar-refractivity contribution is 7.89. The van der Waals surface area contributed by atoms with E-state index in [2.05, 4.69) is 0 Å². The fourth-order valence-electron chi connectivity index (χ4n) is 1.27. The van der Waals surface area contributed by atoms with Crippen molar-refractivity contribution in [1.82, 2.24) is 4.31 Å². The lowest BCUT2D eigenvalue weighted by Gasteiger charge is -2.30. The van der Waals surface area contributed by atoms with Crippen LogP contribution < -0.4 is 0 Å². The van der Waals surface area contributed by atoms with Crippen LogP contribution in [0.3, 0.4) is 0 Å². The Balaban J connectivity index is 3.36. The monoisotopic (exact) mass is 325 g/mol. The summed E-state index contributed by atoms with van der Waals surface area (Å²) in [5, 5.41) is 9.39. The Bertz CT molecular complexity index is 593. The quantitative estimate of drug-likeness (QED) is 0.922. The van der Waals surface area contributed by atoms with E-state index in [0.717, 1.165) is 4.31 Å². The molecule has 0 aromatic heterocycles. The van der Waals surface area contributed by atoms with Gasteiger partial charge < -0.3 is 5.11 Å². The van der Waals surface area contributed by atoms with Crippen molar-refractivity contribution in [3.63, 3.8) is 0 Å². The zero-order valence-electron chi connectivity index (χ0n) is 10.5. The molecule has 0 heterocycles. The number of carboxylic acid groups (broad SMARTS) is 1. The van der Waals surface area contributed by atoms with Crippen LogP contribution in [-0.2, 0) is 14.8 Å². The van der Waals surface area contributed by atoms with Crippen LogP contribution in [0, 0.1) is 0 Å². The zero-order valence-corrected chi connectivity index (χ0v) is 12.8. The number of hydrogen-bond donors (Lipinski definition) is 1. The van der Waals surface area contributed by atoms with Gasteiger partial charge in [0, 0.05) is 17.1 Å². The SMILES string of the molecule is CN(C(C)(C)C(=O)O)S(=O)(=O)c1cc(Cl)cc(Cl)c1. The summed E-state index contributed by atoms with van der Waals surface area (Å²) in [6.07, 6.45) is 0. The normalized spacial score (nSPS) is 12.7. The van der Waals surface area contributed by atoms with Gasteiger partial charge in [-0.1, -0.05) is 23.2 Å². The molecule has 1 aromatic rings. The maximum absolute atomic E-state index is 12.3. The fourth-order valence-corrected chi connectivity index (χ4v) is 3.47. The zero-order chi connectivity index (χ0) is 15.0. The van der Waals surface area contributed by atoms with E-state index in [1.54, 1.807) is 0 Å². The number of likely N-dealkylation sites (N-methyl/N-ethyl adjacent to an activating group) is 1. The first kappa shape index (κ1) is 16.2. The second-order valence-corrected chi connectivity index (χ2v) is 7.28. The fraction of sp³-hybridized carbons (Fsp3) is 0.364. The average molecular weight is 326 g/mol. The molecule has 0 aliphatic carbocycles. The van der Waals surface area contributed by atoms with E-state index in [4.69, 9.17) is 28.3 Å². The van der Waals surface area contributed by atoms with Crippen LogP contribution in [0.4, 0.5) is 0 Å². The van der Waals surface area contributed by atoms with Crippen LogP contribution in [0.15, 0.2) is 23.1 Å². The first-order valence-corrected chi connectivity index (χ1v) is 7.37. The minimum absolute atomic E-state index is 0.151. The molecule has 1 rings (SSSR count). The third-order valence-electron chi connectivity index (χ3n) is 2.81. The largest absolute Gasteiger partial charge is 0.480 e. The molecule has 0 saturated carbocycles. The number of aliphatic carboxylic acids is 1. The van der Waals surface area contributed by atoms with Gasteiger partial charge >= 0.3 is 5.97 Å². The lowest BCUT2D eigenvalue weighted by molar-refractivity contribution is -0.145. The van der Waals surface area contributed by atoms with Crippen molar-refractivity contribution < 1.29 is 18.3 Å². The van der Waals surface area contributed by atoms with E-state index in [1.807, 2.05) is 0 Å². The summed E-state index contributed by atoms with van der Waals surface area (Å²) in [5.41, 5.74) is -1.59. The topological polar surface area (TPSA) is 74.7 Å². The molecule has 0 unspecified atom stereocenters. The van der Waals surface area contributed by atoms with E-state index in [1.165, 1.54) is 39.1 Å². The van der Waals surface area contributed by atoms with Crippen molar-refractivity contribution in [2.45, 2.75) is 24.3 Å². The molecule has 5 nitrogen and oxygen atoms in total. The van der Waals surface area contributed by atoms with Crippen molar-refractivity contribution in [3.05, 3.63) is 28.2 Å². The molecule has 0 radical (unpaired) electrons. The second-order valence-electron chi connectivity index (χ2n) is 4.44. The third-order valence-corrected chi connectivity index (χ3v) is 5.25. The summed E-state index contributed by atoms with van der Waals surface area (Å²) in [6.45, 7) is 2.58. The predicted octanol–water partition coefficient (Wildman–Crippen LogP) is 2.48. The molecule has 1 aromatic carbocycles. The molecule has 8 heteroatoms. The van der Waals surface area contributed by atoms with Gasteiger partial charge in [-0.2, -0.15) is 4.31 Å². The van der Waals surface area contributed by atoms with Gasteiger partial charge in [-0.05, 0) is 32.0 Å². The molecule has 106 valence electrons. The minimum atomic E-state index is -4.00. The molecular formula is C11H13Cl2NO4S. The van der Waals surface area contributed by atoms with Gasteiger partial charge in [-0.15, -0.1) is 0 Å². The first-order valence-electron chi connectivity index (χ1n) is 5.18. The van der Waals surface area contributed by atoms with E-state index < -0.39 is 21.5 Å². The molecule has 0 aliphatic rings. The maximum Gasteiger partial charge on any atom is 0.324 e. The molecule has 0 fully saturated rings. The Labute approximate surface area is 121 Å². The first-order chi connectivity index (χ1) is 8.49. The Morgan fingerprint density at radius 2 is 1.63 bits per heavy atom. The van der Waals surface area contributed by atoms with E-state index >= 15 is 0 Å². The average Bonchev–Trinajstić information content (AvgIpc) is 2.26. The molecule has 0 saturated heterocycles. The smallest absolute Gasteiger partial charge is 0.324 e. The number of rotatable bonds is 4. The molecule has 0 amide bonds. The molecule has 1 N–H and O–H groups in total. The Morgan fingerprint density at radius 1 is 1.21 bits per heavy atom. The summed E-state index contributed by atoms with van der Waals surface area (Å²) >= 11 is 11.5. The number of sulfonamides is 1. The molecule has 0 bridgehead atoms. The number of benzene rings is 1. The van der Waals surface area contributed by atoms with Crippen LogP contribution in [-0.4, -0.2) is 36.4 Å². The van der Waals surface area contributed by atoms with Crippen LogP contribution >= 0.6 is 23.2 Å².